The zero-order valence-corrected chi connectivity index (χ0v) is 12.9. The fraction of sp³-hybridized carbons (Fsp3) is 0.278. The second kappa shape index (κ2) is 8.04. The number of unbranched alkanes of at least 4 members (excludes halogenated alkanes) is 2. The largest absolute Gasteiger partial charge is 0.422 e. The summed E-state index contributed by atoms with van der Waals surface area (Å²) < 4.78 is 18.5. The van der Waals surface area contributed by atoms with E-state index in [1.54, 1.807) is 18.3 Å². The molecule has 0 aliphatic carbocycles. The van der Waals surface area contributed by atoms with Gasteiger partial charge in [-0.15, -0.1) is 0 Å². The van der Waals surface area contributed by atoms with Crippen molar-refractivity contribution in [2.45, 2.75) is 32.6 Å². The van der Waals surface area contributed by atoms with Crippen LogP contribution in [0.3, 0.4) is 0 Å². The third-order valence-corrected chi connectivity index (χ3v) is 3.37. The highest BCUT2D eigenvalue weighted by Crippen LogP contribution is 2.17. The van der Waals surface area contributed by atoms with E-state index < -0.39 is 11.8 Å². The Labute approximate surface area is 134 Å². The molecule has 118 valence electrons. The molecule has 0 aliphatic rings. The number of halogens is 1. The van der Waals surface area contributed by atoms with Crippen LogP contribution in [0.4, 0.5) is 4.39 Å². The van der Waals surface area contributed by atoms with E-state index in [1.807, 2.05) is 6.07 Å². The van der Waals surface area contributed by atoms with Crippen LogP contribution in [0.1, 0.15) is 47.8 Å². The SMILES string of the molecule is CCCCCc1ccc(C(=O)Oc2ccc(C#N)c(F)c2)nc1. The molecule has 0 aliphatic heterocycles. The maximum atomic E-state index is 13.5. The summed E-state index contributed by atoms with van der Waals surface area (Å²) in [5, 5.41) is 8.66. The van der Waals surface area contributed by atoms with Crippen molar-refractivity contribution in [3.63, 3.8) is 0 Å². The van der Waals surface area contributed by atoms with Gasteiger partial charge < -0.3 is 4.74 Å². The zero-order chi connectivity index (χ0) is 16.7. The molecular formula is C18H17FN2O2. The molecule has 0 spiro atoms. The molecule has 0 unspecified atom stereocenters. The molecule has 23 heavy (non-hydrogen) atoms. The van der Waals surface area contributed by atoms with Crippen molar-refractivity contribution in [1.82, 2.24) is 4.98 Å². The van der Waals surface area contributed by atoms with Crippen LogP contribution in [-0.4, -0.2) is 11.0 Å². The van der Waals surface area contributed by atoms with E-state index in [4.69, 9.17) is 10.00 Å². The Kier molecular flexibility index (Phi) is 5.81. The molecule has 4 nitrogen and oxygen atoms in total. The van der Waals surface area contributed by atoms with Crippen molar-refractivity contribution in [1.29, 1.82) is 5.26 Å². The summed E-state index contributed by atoms with van der Waals surface area (Å²) in [6.45, 7) is 2.14. The Morgan fingerprint density at radius 2 is 2.13 bits per heavy atom. The molecule has 0 saturated carbocycles. The second-order valence-electron chi connectivity index (χ2n) is 5.15. The van der Waals surface area contributed by atoms with Crippen LogP contribution < -0.4 is 4.74 Å². The van der Waals surface area contributed by atoms with Crippen molar-refractivity contribution in [2.24, 2.45) is 0 Å². The number of aryl methyl sites for hydroxylation is 1. The summed E-state index contributed by atoms with van der Waals surface area (Å²) in [4.78, 5) is 16.1. The van der Waals surface area contributed by atoms with E-state index in [1.165, 1.54) is 12.1 Å². The highest BCUT2D eigenvalue weighted by molar-refractivity contribution is 5.88. The number of carbonyl (C=O) groups excluding carboxylic acids is 1. The van der Waals surface area contributed by atoms with Gasteiger partial charge in [0.15, 0.2) is 0 Å². The van der Waals surface area contributed by atoms with E-state index in [0.29, 0.717) is 0 Å². The molecule has 1 heterocycles. The van der Waals surface area contributed by atoms with Crippen LogP contribution in [0.25, 0.3) is 0 Å². The van der Waals surface area contributed by atoms with E-state index >= 15 is 0 Å². The molecular weight excluding hydrogens is 295 g/mol. The first-order valence-electron chi connectivity index (χ1n) is 7.50. The third-order valence-electron chi connectivity index (χ3n) is 3.37. The van der Waals surface area contributed by atoms with E-state index in [-0.39, 0.29) is 17.0 Å². The van der Waals surface area contributed by atoms with Crippen molar-refractivity contribution in [3.8, 4) is 11.8 Å². The maximum Gasteiger partial charge on any atom is 0.362 e. The predicted octanol–water partition coefficient (Wildman–Crippen LogP) is 4.04. The summed E-state index contributed by atoms with van der Waals surface area (Å²) >= 11 is 0. The minimum atomic E-state index is -0.725. The number of ether oxygens (including phenoxy) is 1. The van der Waals surface area contributed by atoms with Gasteiger partial charge in [-0.05, 0) is 36.6 Å². The van der Waals surface area contributed by atoms with Crippen LogP contribution in [-0.2, 0) is 6.42 Å². The predicted molar refractivity (Wildman–Crippen MR) is 83.5 cm³/mol. The fourth-order valence-electron chi connectivity index (χ4n) is 2.08. The van der Waals surface area contributed by atoms with Gasteiger partial charge in [-0.1, -0.05) is 25.8 Å². The molecule has 0 fully saturated rings. The van der Waals surface area contributed by atoms with E-state index in [9.17, 15) is 9.18 Å². The number of hydrogen-bond acceptors (Lipinski definition) is 4. The minimum absolute atomic E-state index is 0.0420. The number of rotatable bonds is 6. The van der Waals surface area contributed by atoms with Gasteiger partial charge in [-0.2, -0.15) is 5.26 Å². The van der Waals surface area contributed by atoms with Gasteiger partial charge in [-0.25, -0.2) is 14.2 Å². The Morgan fingerprint density at radius 1 is 1.30 bits per heavy atom. The van der Waals surface area contributed by atoms with E-state index in [0.717, 1.165) is 37.3 Å². The van der Waals surface area contributed by atoms with Gasteiger partial charge in [0.2, 0.25) is 0 Å². The van der Waals surface area contributed by atoms with Gasteiger partial charge in [-0.3, -0.25) is 0 Å². The average molecular weight is 312 g/mol. The molecule has 0 bridgehead atoms. The lowest BCUT2D eigenvalue weighted by molar-refractivity contribution is 0.0728. The highest BCUT2D eigenvalue weighted by Gasteiger charge is 2.12. The quantitative estimate of drug-likeness (QED) is 0.459. The van der Waals surface area contributed by atoms with Crippen LogP contribution in [0, 0.1) is 17.1 Å². The van der Waals surface area contributed by atoms with Crippen molar-refractivity contribution in [3.05, 3.63) is 59.2 Å². The lowest BCUT2D eigenvalue weighted by atomic mass is 10.1. The van der Waals surface area contributed by atoms with Gasteiger partial charge >= 0.3 is 5.97 Å². The Hall–Kier alpha value is -2.74. The summed E-state index contributed by atoms with van der Waals surface area (Å²) in [6.07, 6.45) is 5.99. The lowest BCUT2D eigenvalue weighted by Crippen LogP contribution is -2.11. The van der Waals surface area contributed by atoms with Crippen molar-refractivity contribution < 1.29 is 13.9 Å². The normalized spacial score (nSPS) is 10.1. The number of benzene rings is 1. The summed E-state index contributed by atoms with van der Waals surface area (Å²) in [5.41, 5.74) is 1.13. The molecule has 2 rings (SSSR count). The van der Waals surface area contributed by atoms with Crippen LogP contribution in [0.2, 0.25) is 0 Å². The Balaban J connectivity index is 2.00. The monoisotopic (exact) mass is 312 g/mol. The van der Waals surface area contributed by atoms with Crippen molar-refractivity contribution >= 4 is 5.97 Å². The number of esters is 1. The molecule has 0 N–H and O–H groups in total. The number of aromatic nitrogens is 1. The standard InChI is InChI=1S/C18H17FN2O2/c1-2-3-4-5-13-6-9-17(21-12-13)18(22)23-15-8-7-14(11-20)16(19)10-15/h6-10,12H,2-5H2,1H3. The topological polar surface area (TPSA) is 63.0 Å². The maximum absolute atomic E-state index is 13.5. The number of nitrogens with zero attached hydrogens (tertiary/aromatic N) is 2. The first-order valence-corrected chi connectivity index (χ1v) is 7.50. The van der Waals surface area contributed by atoms with Crippen LogP contribution >= 0.6 is 0 Å². The van der Waals surface area contributed by atoms with Gasteiger partial charge in [0.05, 0.1) is 5.56 Å². The molecule has 1 aromatic heterocycles. The number of pyridine rings is 1. The van der Waals surface area contributed by atoms with Crippen LogP contribution in [0.5, 0.6) is 5.75 Å². The minimum Gasteiger partial charge on any atom is -0.422 e. The second-order valence-corrected chi connectivity index (χ2v) is 5.15. The molecule has 0 atom stereocenters. The smallest absolute Gasteiger partial charge is 0.362 e. The summed E-state index contributed by atoms with van der Waals surface area (Å²) in [7, 11) is 0. The molecule has 0 radical (unpaired) electrons. The molecule has 0 saturated heterocycles. The van der Waals surface area contributed by atoms with Gasteiger partial charge in [0.1, 0.15) is 23.3 Å². The zero-order valence-electron chi connectivity index (χ0n) is 12.9. The summed E-state index contributed by atoms with van der Waals surface area (Å²) in [6, 6.07) is 8.80. The van der Waals surface area contributed by atoms with Crippen molar-refractivity contribution in [2.75, 3.05) is 0 Å². The molecule has 2 aromatic rings. The first-order chi connectivity index (χ1) is 11.1. The van der Waals surface area contributed by atoms with E-state index in [2.05, 4.69) is 11.9 Å². The summed E-state index contributed by atoms with van der Waals surface area (Å²) in [5.74, 6) is -1.34. The average Bonchev–Trinajstić information content (AvgIpc) is 2.56. The Bertz CT molecular complexity index is 721. The molecule has 5 heteroatoms. The van der Waals surface area contributed by atoms with Gasteiger partial charge in [0, 0.05) is 12.3 Å². The lowest BCUT2D eigenvalue weighted by Gasteiger charge is -2.05. The first kappa shape index (κ1) is 16.6. The highest BCUT2D eigenvalue weighted by atomic mass is 19.1. The molecule has 1 aromatic carbocycles. The molecule has 0 amide bonds. The number of nitriles is 1. The fourth-order valence-corrected chi connectivity index (χ4v) is 2.08. The van der Waals surface area contributed by atoms with Crippen LogP contribution in [0.15, 0.2) is 36.5 Å². The van der Waals surface area contributed by atoms with Gasteiger partial charge in [0.25, 0.3) is 0 Å². The Morgan fingerprint density at radius 3 is 2.74 bits per heavy atom. The third kappa shape index (κ3) is 4.62. The number of hydrogen-bond donors (Lipinski definition) is 0. The number of carbonyl (C=O) groups is 1.